The van der Waals surface area contributed by atoms with E-state index in [2.05, 4.69) is 10.4 Å². The van der Waals surface area contributed by atoms with Gasteiger partial charge in [0.05, 0.1) is 12.8 Å². The van der Waals surface area contributed by atoms with Gasteiger partial charge in [0.1, 0.15) is 0 Å². The summed E-state index contributed by atoms with van der Waals surface area (Å²) in [5, 5.41) is 16.7. The molecule has 15 heavy (non-hydrogen) atoms. The molecule has 0 saturated heterocycles. The Labute approximate surface area is 94.1 Å². The molecule has 1 saturated carbocycles. The molecule has 1 heterocycles. The van der Waals surface area contributed by atoms with Gasteiger partial charge in [-0.05, 0) is 12.8 Å². The van der Waals surface area contributed by atoms with Gasteiger partial charge in [0.25, 0.3) is 0 Å². The van der Waals surface area contributed by atoms with Crippen molar-refractivity contribution < 1.29 is 5.11 Å². The number of aryl methyl sites for hydroxylation is 1. The first kappa shape index (κ1) is 11.0. The molecule has 1 aliphatic carbocycles. The van der Waals surface area contributed by atoms with Crippen LogP contribution in [0.15, 0.2) is 17.3 Å². The van der Waals surface area contributed by atoms with Crippen LogP contribution in [0.3, 0.4) is 0 Å². The first-order chi connectivity index (χ1) is 7.28. The van der Waals surface area contributed by atoms with Gasteiger partial charge in [0.15, 0.2) is 0 Å². The molecule has 1 fully saturated rings. The average Bonchev–Trinajstić information content (AvgIpc) is 2.95. The van der Waals surface area contributed by atoms with Crippen LogP contribution in [0.4, 0.5) is 0 Å². The summed E-state index contributed by atoms with van der Waals surface area (Å²) in [6, 6.07) is 0.861. The number of rotatable bonds is 6. The van der Waals surface area contributed by atoms with E-state index in [-0.39, 0.29) is 12.6 Å². The lowest BCUT2D eigenvalue weighted by Gasteiger charge is -2.14. The maximum Gasteiger partial charge on any atom is 0.0625 e. The molecule has 84 valence electrons. The molecule has 1 unspecified atom stereocenters. The molecule has 0 bridgehead atoms. The monoisotopic (exact) mass is 227 g/mol. The quantitative estimate of drug-likeness (QED) is 0.700. The molecule has 1 aromatic heterocycles. The molecule has 4 nitrogen and oxygen atoms in total. The molecular weight excluding hydrogens is 210 g/mol. The van der Waals surface area contributed by atoms with Crippen molar-refractivity contribution in [1.82, 2.24) is 15.1 Å². The summed E-state index contributed by atoms with van der Waals surface area (Å²) in [5.74, 6) is 0.901. The van der Waals surface area contributed by atoms with E-state index < -0.39 is 0 Å². The molecule has 0 radical (unpaired) electrons. The van der Waals surface area contributed by atoms with E-state index in [1.165, 1.54) is 12.8 Å². The van der Waals surface area contributed by atoms with Gasteiger partial charge < -0.3 is 10.4 Å². The largest absolute Gasteiger partial charge is 0.395 e. The normalized spacial score (nSPS) is 18.0. The van der Waals surface area contributed by atoms with E-state index in [0.717, 1.165) is 10.6 Å². The first-order valence-electron chi connectivity index (χ1n) is 5.26. The van der Waals surface area contributed by atoms with Gasteiger partial charge in [0, 0.05) is 36.0 Å². The summed E-state index contributed by atoms with van der Waals surface area (Å²) in [6.45, 7) is 0.212. The highest BCUT2D eigenvalue weighted by atomic mass is 32.2. The topological polar surface area (TPSA) is 50.1 Å². The Morgan fingerprint density at radius 1 is 1.73 bits per heavy atom. The molecule has 2 rings (SSSR count). The average molecular weight is 227 g/mol. The number of hydrogen-bond acceptors (Lipinski definition) is 4. The maximum absolute atomic E-state index is 9.19. The number of nitrogens with one attached hydrogen (secondary N) is 1. The summed E-state index contributed by atoms with van der Waals surface area (Å²) in [5.41, 5.74) is 0. The summed E-state index contributed by atoms with van der Waals surface area (Å²) >= 11 is 1.74. The molecule has 1 atom stereocenters. The van der Waals surface area contributed by atoms with E-state index in [9.17, 15) is 5.11 Å². The summed E-state index contributed by atoms with van der Waals surface area (Å²) < 4.78 is 1.80. The van der Waals surface area contributed by atoms with Crippen molar-refractivity contribution in [2.45, 2.75) is 29.8 Å². The van der Waals surface area contributed by atoms with E-state index in [0.29, 0.717) is 6.04 Å². The lowest BCUT2D eigenvalue weighted by Crippen LogP contribution is -2.36. The van der Waals surface area contributed by atoms with Crippen LogP contribution < -0.4 is 5.32 Å². The van der Waals surface area contributed by atoms with Gasteiger partial charge in [-0.2, -0.15) is 5.10 Å². The minimum absolute atomic E-state index is 0.211. The molecular formula is C10H17N3OS. The summed E-state index contributed by atoms with van der Waals surface area (Å²) in [4.78, 5) is 1.16. The molecule has 2 N–H and O–H groups in total. The van der Waals surface area contributed by atoms with Gasteiger partial charge in [-0.3, -0.25) is 4.68 Å². The van der Waals surface area contributed by atoms with E-state index in [4.69, 9.17) is 0 Å². The zero-order valence-corrected chi connectivity index (χ0v) is 9.70. The number of aliphatic hydroxyl groups is 1. The third-order valence-corrected chi connectivity index (χ3v) is 3.51. The fourth-order valence-corrected chi connectivity index (χ4v) is 2.35. The Morgan fingerprint density at radius 2 is 2.53 bits per heavy atom. The van der Waals surface area contributed by atoms with Crippen molar-refractivity contribution in [3.05, 3.63) is 12.4 Å². The van der Waals surface area contributed by atoms with Crippen LogP contribution in [0.25, 0.3) is 0 Å². The number of thioether (sulfide) groups is 1. The predicted molar refractivity (Wildman–Crippen MR) is 61.0 cm³/mol. The molecule has 5 heteroatoms. The van der Waals surface area contributed by atoms with Crippen LogP contribution in [0, 0.1) is 0 Å². The van der Waals surface area contributed by atoms with Crippen molar-refractivity contribution in [1.29, 1.82) is 0 Å². The fourth-order valence-electron chi connectivity index (χ4n) is 1.41. The van der Waals surface area contributed by atoms with E-state index in [1.54, 1.807) is 16.4 Å². The zero-order chi connectivity index (χ0) is 10.7. The highest BCUT2D eigenvalue weighted by Crippen LogP contribution is 2.22. The van der Waals surface area contributed by atoms with Crippen LogP contribution in [0.1, 0.15) is 12.8 Å². The summed E-state index contributed by atoms with van der Waals surface area (Å²) in [6.07, 6.45) is 6.37. The number of nitrogens with zero attached hydrogens (tertiary/aromatic N) is 2. The molecule has 0 amide bonds. The van der Waals surface area contributed by atoms with Crippen LogP contribution in [-0.2, 0) is 7.05 Å². The molecule has 0 aromatic carbocycles. The highest BCUT2D eigenvalue weighted by molar-refractivity contribution is 7.99. The third kappa shape index (κ3) is 3.52. The number of aliphatic hydroxyl groups excluding tert-OH is 1. The SMILES string of the molecule is Cn1cc(SCC(CO)NC2CC2)cn1. The Bertz CT molecular complexity index is 311. The Morgan fingerprint density at radius 3 is 3.07 bits per heavy atom. The minimum atomic E-state index is 0.211. The fraction of sp³-hybridized carbons (Fsp3) is 0.700. The smallest absolute Gasteiger partial charge is 0.0625 e. The van der Waals surface area contributed by atoms with E-state index in [1.807, 2.05) is 19.4 Å². The van der Waals surface area contributed by atoms with Crippen molar-refractivity contribution in [3.63, 3.8) is 0 Å². The third-order valence-electron chi connectivity index (χ3n) is 2.40. The van der Waals surface area contributed by atoms with Crippen LogP contribution in [-0.4, -0.2) is 39.3 Å². The van der Waals surface area contributed by atoms with Crippen molar-refractivity contribution in [3.8, 4) is 0 Å². The second-order valence-corrected chi connectivity index (χ2v) is 5.07. The standard InChI is InChI=1S/C10H17N3OS/c1-13-5-10(4-11-13)15-7-9(6-14)12-8-2-3-8/h4-5,8-9,12,14H,2-3,6-7H2,1H3. The van der Waals surface area contributed by atoms with Gasteiger partial charge in [0.2, 0.25) is 0 Å². The lowest BCUT2D eigenvalue weighted by atomic mass is 10.3. The Hall–Kier alpha value is -0.520. The van der Waals surface area contributed by atoms with Crippen molar-refractivity contribution in [2.24, 2.45) is 7.05 Å². The lowest BCUT2D eigenvalue weighted by molar-refractivity contribution is 0.253. The van der Waals surface area contributed by atoms with Gasteiger partial charge >= 0.3 is 0 Å². The number of aromatic nitrogens is 2. The van der Waals surface area contributed by atoms with Gasteiger partial charge in [-0.25, -0.2) is 0 Å². The summed E-state index contributed by atoms with van der Waals surface area (Å²) in [7, 11) is 1.91. The highest BCUT2D eigenvalue weighted by Gasteiger charge is 2.24. The Balaban J connectivity index is 1.74. The van der Waals surface area contributed by atoms with Gasteiger partial charge in [-0.15, -0.1) is 11.8 Å². The second kappa shape index (κ2) is 5.01. The minimum Gasteiger partial charge on any atom is -0.395 e. The second-order valence-electron chi connectivity index (χ2n) is 3.98. The first-order valence-corrected chi connectivity index (χ1v) is 6.25. The molecule has 0 spiro atoms. The zero-order valence-electron chi connectivity index (χ0n) is 8.89. The van der Waals surface area contributed by atoms with E-state index >= 15 is 0 Å². The van der Waals surface area contributed by atoms with Crippen molar-refractivity contribution in [2.75, 3.05) is 12.4 Å². The van der Waals surface area contributed by atoms with Crippen LogP contribution in [0.2, 0.25) is 0 Å². The maximum atomic E-state index is 9.19. The van der Waals surface area contributed by atoms with Crippen LogP contribution in [0.5, 0.6) is 0 Å². The molecule has 1 aromatic rings. The number of hydrogen-bond donors (Lipinski definition) is 2. The van der Waals surface area contributed by atoms with Crippen LogP contribution >= 0.6 is 11.8 Å². The van der Waals surface area contributed by atoms with Crippen molar-refractivity contribution >= 4 is 11.8 Å². The predicted octanol–water partition coefficient (Wildman–Crippen LogP) is 0.625. The molecule has 1 aliphatic rings. The Kier molecular flexibility index (Phi) is 3.66. The molecule has 0 aliphatic heterocycles. The van der Waals surface area contributed by atoms with Gasteiger partial charge in [-0.1, -0.05) is 0 Å².